The summed E-state index contributed by atoms with van der Waals surface area (Å²) in [5, 5.41) is 0. The predicted octanol–water partition coefficient (Wildman–Crippen LogP) is 1.85. The SMILES string of the molecule is C=COP(=O)(O)OC(C)Cl. The van der Waals surface area contributed by atoms with E-state index in [1.807, 2.05) is 0 Å². The average Bonchev–Trinajstić information content (AvgIpc) is 1.59. The van der Waals surface area contributed by atoms with Gasteiger partial charge in [-0.25, -0.2) is 4.57 Å². The highest BCUT2D eigenvalue weighted by molar-refractivity contribution is 7.47. The summed E-state index contributed by atoms with van der Waals surface area (Å²) in [6.45, 7) is 4.48. The van der Waals surface area contributed by atoms with Crippen molar-refractivity contribution in [2.45, 2.75) is 12.5 Å². The minimum atomic E-state index is -4.00. The third kappa shape index (κ3) is 4.82. The highest BCUT2D eigenvalue weighted by Gasteiger charge is 2.22. The van der Waals surface area contributed by atoms with Crippen LogP contribution in [-0.4, -0.2) is 10.5 Å². The number of halogens is 1. The molecule has 2 unspecified atom stereocenters. The molecule has 0 rings (SSSR count). The fraction of sp³-hybridized carbons (Fsp3) is 0.500. The van der Waals surface area contributed by atoms with Gasteiger partial charge in [-0.2, -0.15) is 0 Å². The first-order chi connectivity index (χ1) is 4.48. The molecule has 0 spiro atoms. The zero-order valence-corrected chi connectivity index (χ0v) is 7.01. The van der Waals surface area contributed by atoms with E-state index in [9.17, 15) is 4.57 Å². The maximum absolute atomic E-state index is 10.6. The molecule has 6 heteroatoms. The summed E-state index contributed by atoms with van der Waals surface area (Å²) in [5.41, 5.74) is -0.865. The van der Waals surface area contributed by atoms with Crippen molar-refractivity contribution < 1.29 is 18.5 Å². The van der Waals surface area contributed by atoms with E-state index in [0.29, 0.717) is 0 Å². The van der Waals surface area contributed by atoms with Crippen molar-refractivity contribution in [3.05, 3.63) is 12.8 Å². The number of hydrogen-bond donors (Lipinski definition) is 1. The second kappa shape index (κ2) is 3.98. The molecule has 0 heterocycles. The highest BCUT2D eigenvalue weighted by Crippen LogP contribution is 2.45. The molecule has 4 nitrogen and oxygen atoms in total. The van der Waals surface area contributed by atoms with Crippen LogP contribution in [0.15, 0.2) is 12.8 Å². The van der Waals surface area contributed by atoms with Gasteiger partial charge < -0.3 is 4.52 Å². The Balaban J connectivity index is 3.87. The number of phosphoric acid groups is 1. The molecule has 0 aliphatic carbocycles. The molecule has 0 aromatic heterocycles. The lowest BCUT2D eigenvalue weighted by Crippen LogP contribution is -1.97. The quantitative estimate of drug-likeness (QED) is 0.414. The molecule has 0 aromatic carbocycles. The lowest BCUT2D eigenvalue weighted by molar-refractivity contribution is 0.179. The second-order valence-electron chi connectivity index (χ2n) is 1.39. The molecule has 0 amide bonds. The van der Waals surface area contributed by atoms with Gasteiger partial charge in [0.1, 0.15) is 5.56 Å². The fourth-order valence-corrected chi connectivity index (χ4v) is 1.21. The predicted molar refractivity (Wildman–Crippen MR) is 37.5 cm³/mol. The van der Waals surface area contributed by atoms with Crippen LogP contribution in [0.3, 0.4) is 0 Å². The standard InChI is InChI=1S/C4H8ClO4P/c1-3-8-10(6,7)9-4(2)5/h3-4H,1H2,2H3,(H,6,7). The number of phosphoric ester groups is 1. The van der Waals surface area contributed by atoms with Crippen LogP contribution in [0.5, 0.6) is 0 Å². The zero-order chi connectivity index (χ0) is 8.20. The molecule has 1 N–H and O–H groups in total. The van der Waals surface area contributed by atoms with E-state index in [2.05, 4.69) is 15.6 Å². The van der Waals surface area contributed by atoms with Crippen LogP contribution < -0.4 is 0 Å². The molecule has 60 valence electrons. The van der Waals surface area contributed by atoms with E-state index in [4.69, 9.17) is 16.5 Å². The third-order valence-electron chi connectivity index (χ3n) is 0.486. The Hall–Kier alpha value is -0.0200. The van der Waals surface area contributed by atoms with Gasteiger partial charge in [-0.15, -0.1) is 0 Å². The maximum atomic E-state index is 10.6. The molecule has 2 atom stereocenters. The minimum Gasteiger partial charge on any atom is -0.413 e. The van der Waals surface area contributed by atoms with Gasteiger partial charge in [0.15, 0.2) is 0 Å². The topological polar surface area (TPSA) is 55.8 Å². The van der Waals surface area contributed by atoms with E-state index in [1.54, 1.807) is 0 Å². The van der Waals surface area contributed by atoms with Crippen LogP contribution in [-0.2, 0) is 13.6 Å². The molecule has 0 bridgehead atoms. The molecule has 10 heavy (non-hydrogen) atoms. The maximum Gasteiger partial charge on any atom is 0.528 e. The van der Waals surface area contributed by atoms with Crippen LogP contribution >= 0.6 is 19.4 Å². The Morgan fingerprint density at radius 3 is 2.70 bits per heavy atom. The lowest BCUT2D eigenvalue weighted by Gasteiger charge is -2.10. The van der Waals surface area contributed by atoms with Crippen LogP contribution in [0.1, 0.15) is 6.92 Å². The summed E-state index contributed by atoms with van der Waals surface area (Å²) in [7, 11) is -4.00. The zero-order valence-electron chi connectivity index (χ0n) is 5.36. The Morgan fingerprint density at radius 1 is 1.90 bits per heavy atom. The van der Waals surface area contributed by atoms with Crippen LogP contribution in [0.25, 0.3) is 0 Å². The smallest absolute Gasteiger partial charge is 0.413 e. The Morgan fingerprint density at radius 2 is 2.40 bits per heavy atom. The molecule has 0 fully saturated rings. The average molecular weight is 187 g/mol. The van der Waals surface area contributed by atoms with Gasteiger partial charge in [-0.3, -0.25) is 9.42 Å². The summed E-state index contributed by atoms with van der Waals surface area (Å²) in [6.07, 6.45) is 0.819. The van der Waals surface area contributed by atoms with E-state index in [-0.39, 0.29) is 0 Å². The van der Waals surface area contributed by atoms with Gasteiger partial charge >= 0.3 is 7.82 Å². The Labute approximate surface area is 64.0 Å². The Bertz CT molecular complexity index is 157. The van der Waals surface area contributed by atoms with E-state index >= 15 is 0 Å². The van der Waals surface area contributed by atoms with Crippen molar-refractivity contribution >= 4 is 19.4 Å². The molecule has 0 aromatic rings. The lowest BCUT2D eigenvalue weighted by atomic mass is 10.9. The van der Waals surface area contributed by atoms with Gasteiger partial charge in [0.05, 0.1) is 6.26 Å². The summed E-state index contributed by atoms with van der Waals surface area (Å²) in [6, 6.07) is 0. The monoisotopic (exact) mass is 186 g/mol. The van der Waals surface area contributed by atoms with Crippen molar-refractivity contribution in [1.82, 2.24) is 0 Å². The van der Waals surface area contributed by atoms with Gasteiger partial charge in [0.2, 0.25) is 0 Å². The first-order valence-corrected chi connectivity index (χ1v) is 4.35. The van der Waals surface area contributed by atoms with Gasteiger partial charge in [0, 0.05) is 0 Å². The Kier molecular flexibility index (Phi) is 3.98. The van der Waals surface area contributed by atoms with Gasteiger partial charge in [-0.1, -0.05) is 18.2 Å². The summed E-state index contributed by atoms with van der Waals surface area (Å²) in [5.74, 6) is 0. The second-order valence-corrected chi connectivity index (χ2v) is 3.36. The van der Waals surface area contributed by atoms with Crippen LogP contribution in [0, 0.1) is 0 Å². The van der Waals surface area contributed by atoms with Crippen molar-refractivity contribution in [2.75, 3.05) is 0 Å². The molecular formula is C4H8ClO4P. The number of alkyl halides is 1. The molecule has 0 aliphatic rings. The van der Waals surface area contributed by atoms with Crippen molar-refractivity contribution in [3.8, 4) is 0 Å². The van der Waals surface area contributed by atoms with Crippen molar-refractivity contribution in [1.29, 1.82) is 0 Å². The minimum absolute atomic E-state index is 0.819. The largest absolute Gasteiger partial charge is 0.528 e. The fourth-order valence-electron chi connectivity index (χ4n) is 0.303. The molecule has 0 radical (unpaired) electrons. The normalized spacial score (nSPS) is 19.1. The van der Waals surface area contributed by atoms with Crippen molar-refractivity contribution in [2.24, 2.45) is 0 Å². The van der Waals surface area contributed by atoms with E-state index in [1.165, 1.54) is 6.92 Å². The van der Waals surface area contributed by atoms with Crippen molar-refractivity contribution in [3.63, 3.8) is 0 Å². The number of rotatable bonds is 4. The van der Waals surface area contributed by atoms with Gasteiger partial charge in [-0.05, 0) is 6.92 Å². The van der Waals surface area contributed by atoms with E-state index in [0.717, 1.165) is 6.26 Å². The van der Waals surface area contributed by atoms with E-state index < -0.39 is 13.4 Å². The summed E-state index contributed by atoms with van der Waals surface area (Å²) < 4.78 is 18.9. The first kappa shape index (κ1) is 9.98. The molecule has 0 saturated heterocycles. The first-order valence-electron chi connectivity index (χ1n) is 2.42. The molecular weight excluding hydrogens is 178 g/mol. The molecule has 0 saturated carbocycles. The summed E-state index contributed by atoms with van der Waals surface area (Å²) in [4.78, 5) is 8.64. The highest BCUT2D eigenvalue weighted by atomic mass is 35.5. The van der Waals surface area contributed by atoms with Crippen LogP contribution in [0.2, 0.25) is 0 Å². The van der Waals surface area contributed by atoms with Gasteiger partial charge in [0.25, 0.3) is 0 Å². The number of hydrogen-bond acceptors (Lipinski definition) is 3. The molecule has 0 aliphatic heterocycles. The third-order valence-corrected chi connectivity index (χ3v) is 1.70. The van der Waals surface area contributed by atoms with Crippen LogP contribution in [0.4, 0.5) is 0 Å². The summed E-state index contributed by atoms with van der Waals surface area (Å²) >= 11 is 5.23.